The summed E-state index contributed by atoms with van der Waals surface area (Å²) in [5.41, 5.74) is -0.154. The van der Waals surface area contributed by atoms with E-state index in [0.29, 0.717) is 0 Å². The van der Waals surface area contributed by atoms with Gasteiger partial charge in [0.05, 0.1) is 12.1 Å². The Kier molecular flexibility index (Phi) is 4.96. The summed E-state index contributed by atoms with van der Waals surface area (Å²) >= 11 is 0. The van der Waals surface area contributed by atoms with Gasteiger partial charge in [-0.1, -0.05) is 20.3 Å². The van der Waals surface area contributed by atoms with Crippen LogP contribution in [0.25, 0.3) is 0 Å². The van der Waals surface area contributed by atoms with E-state index in [0.717, 1.165) is 12.8 Å². The van der Waals surface area contributed by atoms with Crippen LogP contribution in [0.1, 0.15) is 33.1 Å². The van der Waals surface area contributed by atoms with Crippen molar-refractivity contribution in [3.63, 3.8) is 0 Å². The molecule has 0 saturated carbocycles. The lowest BCUT2D eigenvalue weighted by Crippen LogP contribution is -2.16. The first-order chi connectivity index (χ1) is 7.51. The summed E-state index contributed by atoms with van der Waals surface area (Å²) in [6, 6.07) is 0. The molecule has 16 heavy (non-hydrogen) atoms. The van der Waals surface area contributed by atoms with Gasteiger partial charge in [-0.25, -0.2) is 0 Å². The van der Waals surface area contributed by atoms with Crippen LogP contribution >= 0.6 is 7.60 Å². The van der Waals surface area contributed by atoms with Crippen molar-refractivity contribution in [2.24, 2.45) is 0 Å². The lowest BCUT2D eigenvalue weighted by atomic mass is 10.3. The largest absolute Gasteiger partial charge is 0.463 e. The summed E-state index contributed by atoms with van der Waals surface area (Å²) < 4.78 is 27.5. The number of rotatable bonds is 6. The van der Waals surface area contributed by atoms with Gasteiger partial charge in [-0.3, -0.25) is 9.36 Å². The zero-order chi connectivity index (χ0) is 12.2. The minimum Gasteiger partial charge on any atom is -0.463 e. The molecule has 0 bridgehead atoms. The summed E-state index contributed by atoms with van der Waals surface area (Å²) in [6.45, 7) is 4.02. The molecule has 0 amide bonds. The fraction of sp³-hybridized carbons (Fsp3) is 0.900. The van der Waals surface area contributed by atoms with Crippen LogP contribution in [-0.2, 0) is 23.1 Å². The topological polar surface area (TPSA) is 61.8 Å². The average Bonchev–Trinajstić information content (AvgIpc) is 2.64. The summed E-state index contributed by atoms with van der Waals surface area (Å²) in [4.78, 5) is 10.9. The highest BCUT2D eigenvalue weighted by Crippen LogP contribution is 2.55. The van der Waals surface area contributed by atoms with E-state index in [-0.39, 0.29) is 24.7 Å². The third-order valence-electron chi connectivity index (χ3n) is 2.62. The Morgan fingerprint density at radius 2 is 2.31 bits per heavy atom. The number of hydrogen-bond donors (Lipinski definition) is 0. The van der Waals surface area contributed by atoms with E-state index in [2.05, 4.69) is 0 Å². The maximum absolute atomic E-state index is 12.3. The smallest absolute Gasteiger partial charge is 0.333 e. The molecule has 0 spiro atoms. The first kappa shape index (κ1) is 13.7. The van der Waals surface area contributed by atoms with Gasteiger partial charge in [0.2, 0.25) is 0 Å². The van der Waals surface area contributed by atoms with Crippen molar-refractivity contribution in [1.82, 2.24) is 0 Å². The Bertz CT molecular complexity index is 291. The molecule has 3 unspecified atom stereocenters. The molecule has 0 aromatic rings. The molecule has 94 valence electrons. The summed E-state index contributed by atoms with van der Waals surface area (Å²) in [5.74, 6) is -0.309. The molecule has 1 saturated heterocycles. The molecule has 0 N–H and O–H groups in total. The maximum Gasteiger partial charge on any atom is 0.333 e. The van der Waals surface area contributed by atoms with Crippen LogP contribution < -0.4 is 0 Å². The molecule has 1 fully saturated rings. The number of esters is 1. The lowest BCUT2D eigenvalue weighted by Gasteiger charge is -2.24. The predicted octanol–water partition coefficient (Wildman–Crippen LogP) is 2.35. The Balaban J connectivity index is 2.59. The highest BCUT2D eigenvalue weighted by Gasteiger charge is 2.37. The van der Waals surface area contributed by atoms with Gasteiger partial charge < -0.3 is 13.8 Å². The average molecular weight is 250 g/mol. The molecular weight excluding hydrogens is 231 g/mol. The highest BCUT2D eigenvalue weighted by molar-refractivity contribution is 7.54. The lowest BCUT2D eigenvalue weighted by molar-refractivity contribution is -0.137. The van der Waals surface area contributed by atoms with Crippen molar-refractivity contribution in [3.8, 4) is 0 Å². The van der Waals surface area contributed by atoms with E-state index in [1.807, 2.05) is 13.8 Å². The van der Waals surface area contributed by atoms with Gasteiger partial charge in [0.1, 0.15) is 12.7 Å². The van der Waals surface area contributed by atoms with Gasteiger partial charge in [0.25, 0.3) is 0 Å². The molecule has 0 radical (unpaired) electrons. The first-order valence-electron chi connectivity index (χ1n) is 5.51. The predicted molar refractivity (Wildman–Crippen MR) is 59.4 cm³/mol. The summed E-state index contributed by atoms with van der Waals surface area (Å²) in [6.07, 6.45) is 1.41. The number of cyclic esters (lactones) is 1. The van der Waals surface area contributed by atoms with Gasteiger partial charge in [-0.05, 0) is 6.42 Å². The van der Waals surface area contributed by atoms with Crippen molar-refractivity contribution in [3.05, 3.63) is 0 Å². The molecule has 1 aliphatic rings. The fourth-order valence-corrected chi connectivity index (χ4v) is 3.45. The van der Waals surface area contributed by atoms with Crippen molar-refractivity contribution < 1.29 is 23.1 Å². The third kappa shape index (κ3) is 3.30. The monoisotopic (exact) mass is 250 g/mol. The van der Waals surface area contributed by atoms with Crippen molar-refractivity contribution in [1.29, 1.82) is 0 Å². The van der Waals surface area contributed by atoms with E-state index >= 15 is 0 Å². The molecule has 3 atom stereocenters. The summed E-state index contributed by atoms with van der Waals surface area (Å²) in [7, 11) is -1.74. The molecule has 0 aromatic heterocycles. The van der Waals surface area contributed by atoms with Crippen LogP contribution in [0.15, 0.2) is 0 Å². The fourth-order valence-electron chi connectivity index (χ4n) is 1.67. The molecule has 5 nitrogen and oxygen atoms in total. The second kappa shape index (κ2) is 5.80. The number of hydrogen-bond acceptors (Lipinski definition) is 5. The van der Waals surface area contributed by atoms with Crippen LogP contribution in [-0.4, -0.2) is 31.4 Å². The van der Waals surface area contributed by atoms with Gasteiger partial charge >= 0.3 is 13.6 Å². The maximum atomic E-state index is 12.3. The van der Waals surface area contributed by atoms with Gasteiger partial charge in [0.15, 0.2) is 0 Å². The number of ether oxygens (including phenoxy) is 1. The standard InChI is InChI=1S/C10H19O5P/c1-4-5-8(2)16(12,13-3)15-9-6-10(11)14-7-9/h8-9H,4-7H2,1-3H3. The summed E-state index contributed by atoms with van der Waals surface area (Å²) in [5, 5.41) is 0. The zero-order valence-corrected chi connectivity index (χ0v) is 10.9. The van der Waals surface area contributed by atoms with Gasteiger partial charge in [-0.15, -0.1) is 0 Å². The van der Waals surface area contributed by atoms with Crippen LogP contribution in [0.2, 0.25) is 0 Å². The zero-order valence-electron chi connectivity index (χ0n) is 9.97. The van der Waals surface area contributed by atoms with Gasteiger partial charge in [-0.2, -0.15) is 0 Å². The third-order valence-corrected chi connectivity index (χ3v) is 5.06. The SMILES string of the molecule is CCCC(C)P(=O)(OC)OC1COC(=O)C1. The van der Waals surface area contributed by atoms with Crippen LogP contribution in [0.4, 0.5) is 0 Å². The van der Waals surface area contributed by atoms with E-state index in [9.17, 15) is 9.36 Å². The van der Waals surface area contributed by atoms with E-state index < -0.39 is 13.7 Å². The molecule has 0 aromatic carbocycles. The highest BCUT2D eigenvalue weighted by atomic mass is 31.2. The van der Waals surface area contributed by atoms with Gasteiger partial charge in [0, 0.05) is 7.11 Å². The van der Waals surface area contributed by atoms with Crippen molar-refractivity contribution in [2.75, 3.05) is 13.7 Å². The molecule has 1 heterocycles. The second-order valence-electron chi connectivity index (χ2n) is 3.97. The van der Waals surface area contributed by atoms with E-state index in [1.54, 1.807) is 0 Å². The molecular formula is C10H19O5P. The van der Waals surface area contributed by atoms with Crippen molar-refractivity contribution >= 4 is 13.6 Å². The second-order valence-corrected chi connectivity index (χ2v) is 6.51. The quantitative estimate of drug-likeness (QED) is 0.535. The molecule has 6 heteroatoms. The van der Waals surface area contributed by atoms with Crippen LogP contribution in [0.5, 0.6) is 0 Å². The number of carbonyl (C=O) groups excluding carboxylic acids is 1. The Morgan fingerprint density at radius 3 is 2.75 bits per heavy atom. The van der Waals surface area contributed by atoms with E-state index in [4.69, 9.17) is 13.8 Å². The minimum absolute atomic E-state index is 0.154. The Morgan fingerprint density at radius 1 is 1.62 bits per heavy atom. The van der Waals surface area contributed by atoms with Crippen molar-refractivity contribution in [2.45, 2.75) is 44.9 Å². The minimum atomic E-state index is -3.12. The Hall–Kier alpha value is -0.380. The molecule has 1 aliphatic heterocycles. The van der Waals surface area contributed by atoms with Crippen LogP contribution in [0, 0.1) is 0 Å². The Labute approximate surface area is 96.0 Å². The normalized spacial score (nSPS) is 26.2. The molecule has 0 aliphatic carbocycles. The van der Waals surface area contributed by atoms with Crippen LogP contribution in [0.3, 0.4) is 0 Å². The molecule has 1 rings (SSSR count). The number of carbonyl (C=O) groups is 1. The van der Waals surface area contributed by atoms with E-state index in [1.165, 1.54) is 7.11 Å². The first-order valence-corrected chi connectivity index (χ1v) is 7.12.